The fourth-order valence-corrected chi connectivity index (χ4v) is 2.96. The molecule has 2 aromatic carbocycles. The molecule has 0 amide bonds. The molecule has 0 atom stereocenters. The van der Waals surface area contributed by atoms with Crippen molar-refractivity contribution in [2.45, 2.75) is 20.3 Å². The maximum Gasteiger partial charge on any atom is 0.0642 e. The normalized spacial score (nSPS) is 15.1. The topological polar surface area (TPSA) is 38.5 Å². The summed E-state index contributed by atoms with van der Waals surface area (Å²) in [5.41, 5.74) is 13.6. The number of hydrogen-bond acceptors (Lipinski definition) is 3. The second kappa shape index (κ2) is 6.41. The average molecular weight is 296 g/mol. The summed E-state index contributed by atoms with van der Waals surface area (Å²) in [5.74, 6) is 0. The number of nitrogens with two attached hydrogens (primary N) is 1. The molecule has 116 valence electrons. The number of benzene rings is 2. The average Bonchev–Trinajstić information content (AvgIpc) is 2.52. The van der Waals surface area contributed by atoms with Gasteiger partial charge in [-0.05, 0) is 54.7 Å². The summed E-state index contributed by atoms with van der Waals surface area (Å²) >= 11 is 0. The van der Waals surface area contributed by atoms with Gasteiger partial charge in [-0.2, -0.15) is 0 Å². The Labute approximate surface area is 132 Å². The van der Waals surface area contributed by atoms with Gasteiger partial charge in [-0.15, -0.1) is 0 Å². The molecular weight excluding hydrogens is 272 g/mol. The molecule has 2 N–H and O–H groups in total. The van der Waals surface area contributed by atoms with Gasteiger partial charge in [0, 0.05) is 13.1 Å². The number of morpholine rings is 1. The van der Waals surface area contributed by atoms with Crippen LogP contribution in [0.3, 0.4) is 0 Å². The first-order chi connectivity index (χ1) is 10.6. The van der Waals surface area contributed by atoms with Gasteiger partial charge >= 0.3 is 0 Å². The molecule has 1 fully saturated rings. The van der Waals surface area contributed by atoms with Gasteiger partial charge in [0.2, 0.25) is 0 Å². The smallest absolute Gasteiger partial charge is 0.0642 e. The lowest BCUT2D eigenvalue weighted by atomic mass is 10.00. The van der Waals surface area contributed by atoms with Crippen LogP contribution in [0, 0.1) is 13.8 Å². The standard InChI is InChI=1S/C19H24N2O/c1-14-3-4-16(11-15(14)2)12-17-5-6-19(18(20)13-17)21-7-9-22-10-8-21/h3-6,11,13H,7-10,12,20H2,1-2H3. The minimum Gasteiger partial charge on any atom is -0.397 e. The second-order valence-corrected chi connectivity index (χ2v) is 6.09. The van der Waals surface area contributed by atoms with E-state index >= 15 is 0 Å². The Bertz CT molecular complexity index is 660. The Hall–Kier alpha value is -2.00. The van der Waals surface area contributed by atoms with E-state index in [4.69, 9.17) is 10.5 Å². The van der Waals surface area contributed by atoms with E-state index in [1.165, 1.54) is 22.3 Å². The number of nitrogen functional groups attached to an aromatic ring is 1. The van der Waals surface area contributed by atoms with E-state index in [1.807, 2.05) is 0 Å². The molecule has 3 heteroatoms. The predicted molar refractivity (Wildman–Crippen MR) is 92.6 cm³/mol. The first kappa shape index (κ1) is 14.9. The summed E-state index contributed by atoms with van der Waals surface area (Å²) < 4.78 is 5.40. The highest BCUT2D eigenvalue weighted by atomic mass is 16.5. The van der Waals surface area contributed by atoms with Gasteiger partial charge in [-0.25, -0.2) is 0 Å². The Kier molecular flexibility index (Phi) is 4.34. The third-order valence-electron chi connectivity index (χ3n) is 4.42. The summed E-state index contributed by atoms with van der Waals surface area (Å²) in [5, 5.41) is 0. The van der Waals surface area contributed by atoms with Gasteiger partial charge in [0.1, 0.15) is 0 Å². The first-order valence-electron chi connectivity index (χ1n) is 7.91. The Balaban J connectivity index is 1.77. The molecule has 0 unspecified atom stereocenters. The van der Waals surface area contributed by atoms with Crippen LogP contribution in [-0.2, 0) is 11.2 Å². The minimum atomic E-state index is 0.782. The summed E-state index contributed by atoms with van der Waals surface area (Å²) in [6, 6.07) is 13.1. The van der Waals surface area contributed by atoms with Crippen molar-refractivity contribution in [1.29, 1.82) is 0 Å². The molecule has 3 nitrogen and oxygen atoms in total. The van der Waals surface area contributed by atoms with E-state index in [0.29, 0.717) is 0 Å². The number of ether oxygens (including phenoxy) is 1. The van der Waals surface area contributed by atoms with Crippen molar-refractivity contribution in [2.24, 2.45) is 0 Å². The van der Waals surface area contributed by atoms with Crippen molar-refractivity contribution >= 4 is 11.4 Å². The number of anilines is 2. The van der Waals surface area contributed by atoms with Gasteiger partial charge in [0.25, 0.3) is 0 Å². The van der Waals surface area contributed by atoms with Gasteiger partial charge in [0.05, 0.1) is 24.6 Å². The van der Waals surface area contributed by atoms with Crippen LogP contribution in [0.2, 0.25) is 0 Å². The molecule has 1 aliphatic rings. The maximum absolute atomic E-state index is 6.28. The molecule has 1 saturated heterocycles. The van der Waals surface area contributed by atoms with Crippen LogP contribution in [0.1, 0.15) is 22.3 Å². The number of hydrogen-bond donors (Lipinski definition) is 1. The van der Waals surface area contributed by atoms with Crippen molar-refractivity contribution < 1.29 is 4.74 Å². The van der Waals surface area contributed by atoms with Gasteiger partial charge in [0.15, 0.2) is 0 Å². The van der Waals surface area contributed by atoms with Crippen LogP contribution in [0.25, 0.3) is 0 Å². The fraction of sp³-hybridized carbons (Fsp3) is 0.368. The zero-order chi connectivity index (χ0) is 15.5. The van der Waals surface area contributed by atoms with Gasteiger partial charge < -0.3 is 15.4 Å². The SMILES string of the molecule is Cc1ccc(Cc2ccc(N3CCOCC3)c(N)c2)cc1C. The molecule has 1 aliphatic heterocycles. The predicted octanol–water partition coefficient (Wildman–Crippen LogP) is 3.31. The van der Waals surface area contributed by atoms with Crippen LogP contribution in [-0.4, -0.2) is 26.3 Å². The quantitative estimate of drug-likeness (QED) is 0.883. The summed E-state index contributed by atoms with van der Waals surface area (Å²) in [4.78, 5) is 2.30. The molecule has 3 rings (SSSR count). The molecule has 0 aliphatic carbocycles. The van der Waals surface area contributed by atoms with Gasteiger partial charge in [-0.3, -0.25) is 0 Å². The Morgan fingerprint density at radius 2 is 1.64 bits per heavy atom. The maximum atomic E-state index is 6.28. The highest BCUT2D eigenvalue weighted by Gasteiger charge is 2.14. The van der Waals surface area contributed by atoms with E-state index in [-0.39, 0.29) is 0 Å². The fourth-order valence-electron chi connectivity index (χ4n) is 2.96. The molecule has 1 heterocycles. The second-order valence-electron chi connectivity index (χ2n) is 6.09. The summed E-state index contributed by atoms with van der Waals surface area (Å²) in [6.07, 6.45) is 0.925. The van der Waals surface area contributed by atoms with Crippen molar-refractivity contribution in [3.63, 3.8) is 0 Å². The molecule has 0 radical (unpaired) electrons. The largest absolute Gasteiger partial charge is 0.397 e. The Morgan fingerprint density at radius 3 is 2.32 bits per heavy atom. The third-order valence-corrected chi connectivity index (χ3v) is 4.42. The van der Waals surface area contributed by atoms with E-state index in [1.54, 1.807) is 0 Å². The van der Waals surface area contributed by atoms with Crippen LogP contribution < -0.4 is 10.6 Å². The summed E-state index contributed by atoms with van der Waals surface area (Å²) in [6.45, 7) is 7.71. The zero-order valence-electron chi connectivity index (χ0n) is 13.4. The van der Waals surface area contributed by atoms with Crippen molar-refractivity contribution in [3.05, 3.63) is 58.7 Å². The molecule has 0 aromatic heterocycles. The highest BCUT2D eigenvalue weighted by Crippen LogP contribution is 2.26. The van der Waals surface area contributed by atoms with Crippen LogP contribution in [0.5, 0.6) is 0 Å². The van der Waals surface area contributed by atoms with E-state index < -0.39 is 0 Å². The zero-order valence-corrected chi connectivity index (χ0v) is 13.4. The summed E-state index contributed by atoms with van der Waals surface area (Å²) in [7, 11) is 0. The van der Waals surface area contributed by atoms with Crippen molar-refractivity contribution in [2.75, 3.05) is 36.9 Å². The van der Waals surface area contributed by atoms with Crippen LogP contribution in [0.4, 0.5) is 11.4 Å². The van der Waals surface area contributed by atoms with Crippen molar-refractivity contribution in [1.82, 2.24) is 0 Å². The van der Waals surface area contributed by atoms with Crippen LogP contribution >= 0.6 is 0 Å². The lowest BCUT2D eigenvalue weighted by molar-refractivity contribution is 0.123. The van der Waals surface area contributed by atoms with Crippen LogP contribution in [0.15, 0.2) is 36.4 Å². The molecule has 0 bridgehead atoms. The molecular formula is C19H24N2O. The monoisotopic (exact) mass is 296 g/mol. The van der Waals surface area contributed by atoms with E-state index in [9.17, 15) is 0 Å². The minimum absolute atomic E-state index is 0.782. The lowest BCUT2D eigenvalue weighted by Gasteiger charge is -2.30. The first-order valence-corrected chi connectivity index (χ1v) is 7.91. The molecule has 22 heavy (non-hydrogen) atoms. The van der Waals surface area contributed by atoms with Crippen molar-refractivity contribution in [3.8, 4) is 0 Å². The lowest BCUT2D eigenvalue weighted by Crippen LogP contribution is -2.36. The third kappa shape index (κ3) is 3.25. The molecule has 2 aromatic rings. The van der Waals surface area contributed by atoms with Gasteiger partial charge in [-0.1, -0.05) is 24.3 Å². The Morgan fingerprint density at radius 1 is 0.955 bits per heavy atom. The number of nitrogens with zero attached hydrogens (tertiary/aromatic N) is 1. The van der Waals surface area contributed by atoms with E-state index in [2.05, 4.69) is 55.1 Å². The molecule has 0 saturated carbocycles. The number of aryl methyl sites for hydroxylation is 2. The number of rotatable bonds is 3. The molecule has 0 spiro atoms. The van der Waals surface area contributed by atoms with E-state index in [0.717, 1.165) is 44.1 Å². The highest BCUT2D eigenvalue weighted by molar-refractivity contribution is 5.68.